The first kappa shape index (κ1) is 20.7. The molecule has 0 amide bonds. The van der Waals surface area contributed by atoms with Crippen molar-refractivity contribution in [2.45, 2.75) is 72.9 Å². The van der Waals surface area contributed by atoms with Gasteiger partial charge in [-0.3, -0.25) is 0 Å². The highest BCUT2D eigenvalue weighted by molar-refractivity contribution is 5.79. The standard InChI is InChI=1S/C20H37N5O/c1-6-18-17(19(7-2)26-24-18)13-23-20(21-8-3)22-12-16-10-9-11-25(14-16)15(4)5/h15-16H,6-14H2,1-5H3,(H2,21,22,23). The van der Waals surface area contributed by atoms with Gasteiger partial charge in [0.25, 0.3) is 0 Å². The van der Waals surface area contributed by atoms with Gasteiger partial charge in [0.1, 0.15) is 5.76 Å². The molecule has 0 bridgehead atoms. The van der Waals surface area contributed by atoms with E-state index < -0.39 is 0 Å². The minimum Gasteiger partial charge on any atom is -0.361 e. The quantitative estimate of drug-likeness (QED) is 0.549. The molecule has 0 radical (unpaired) electrons. The fourth-order valence-corrected chi connectivity index (χ4v) is 3.59. The van der Waals surface area contributed by atoms with Gasteiger partial charge >= 0.3 is 0 Å². The Morgan fingerprint density at radius 1 is 1.27 bits per heavy atom. The summed E-state index contributed by atoms with van der Waals surface area (Å²) in [6, 6.07) is 0.633. The number of guanidine groups is 1. The van der Waals surface area contributed by atoms with Crippen molar-refractivity contribution in [1.29, 1.82) is 0 Å². The van der Waals surface area contributed by atoms with Crippen LogP contribution in [0.5, 0.6) is 0 Å². The SMILES string of the molecule is CCNC(=NCc1c(CC)noc1CC)NCC1CCCN(C(C)C)C1. The Morgan fingerprint density at radius 2 is 2.08 bits per heavy atom. The van der Waals surface area contributed by atoms with Crippen molar-refractivity contribution in [1.82, 2.24) is 20.7 Å². The van der Waals surface area contributed by atoms with Gasteiger partial charge in [0.05, 0.1) is 12.2 Å². The minimum atomic E-state index is 0.619. The lowest BCUT2D eigenvalue weighted by Crippen LogP contribution is -2.46. The molecule has 148 valence electrons. The summed E-state index contributed by atoms with van der Waals surface area (Å²) in [5.41, 5.74) is 2.18. The van der Waals surface area contributed by atoms with Crippen LogP contribution >= 0.6 is 0 Å². The number of aliphatic imine (C=N–C) groups is 1. The highest BCUT2D eigenvalue weighted by Gasteiger charge is 2.21. The maximum absolute atomic E-state index is 5.45. The molecular weight excluding hydrogens is 326 g/mol. The number of aryl methyl sites for hydroxylation is 2. The summed E-state index contributed by atoms with van der Waals surface area (Å²) in [6.45, 7) is 15.7. The molecular formula is C20H37N5O. The number of rotatable bonds is 8. The average Bonchev–Trinajstić information content (AvgIpc) is 3.06. The van der Waals surface area contributed by atoms with Gasteiger partial charge in [0.15, 0.2) is 5.96 Å². The van der Waals surface area contributed by atoms with Gasteiger partial charge in [-0.2, -0.15) is 0 Å². The lowest BCUT2D eigenvalue weighted by Gasteiger charge is -2.35. The van der Waals surface area contributed by atoms with Gasteiger partial charge in [0, 0.05) is 37.7 Å². The van der Waals surface area contributed by atoms with Gasteiger partial charge < -0.3 is 20.1 Å². The molecule has 6 heteroatoms. The van der Waals surface area contributed by atoms with E-state index in [1.165, 1.54) is 25.9 Å². The molecule has 6 nitrogen and oxygen atoms in total. The first-order valence-electron chi connectivity index (χ1n) is 10.3. The summed E-state index contributed by atoms with van der Waals surface area (Å²) in [7, 11) is 0. The molecule has 0 aromatic carbocycles. The molecule has 1 aromatic heterocycles. The third kappa shape index (κ3) is 5.73. The van der Waals surface area contributed by atoms with Crippen LogP contribution in [0.15, 0.2) is 9.52 Å². The first-order valence-corrected chi connectivity index (χ1v) is 10.3. The summed E-state index contributed by atoms with van der Waals surface area (Å²) in [5, 5.41) is 11.1. The van der Waals surface area contributed by atoms with E-state index in [2.05, 4.69) is 55.3 Å². The number of piperidine rings is 1. The van der Waals surface area contributed by atoms with Crippen molar-refractivity contribution in [3.8, 4) is 0 Å². The van der Waals surface area contributed by atoms with Gasteiger partial charge in [0.2, 0.25) is 0 Å². The lowest BCUT2D eigenvalue weighted by atomic mass is 9.97. The number of hydrogen-bond donors (Lipinski definition) is 2. The van der Waals surface area contributed by atoms with E-state index in [4.69, 9.17) is 9.52 Å². The Hall–Kier alpha value is -1.56. The fraction of sp³-hybridized carbons (Fsp3) is 0.800. The summed E-state index contributed by atoms with van der Waals surface area (Å²) < 4.78 is 5.45. The van der Waals surface area contributed by atoms with E-state index in [0.29, 0.717) is 18.5 Å². The molecule has 2 heterocycles. The van der Waals surface area contributed by atoms with E-state index in [9.17, 15) is 0 Å². The van der Waals surface area contributed by atoms with Crippen molar-refractivity contribution < 1.29 is 4.52 Å². The molecule has 1 fully saturated rings. The second kappa shape index (κ2) is 10.6. The van der Waals surface area contributed by atoms with Crippen LogP contribution in [0.3, 0.4) is 0 Å². The predicted molar refractivity (Wildman–Crippen MR) is 108 cm³/mol. The largest absolute Gasteiger partial charge is 0.361 e. The predicted octanol–water partition coefficient (Wildman–Crippen LogP) is 2.97. The fourth-order valence-electron chi connectivity index (χ4n) is 3.59. The second-order valence-electron chi connectivity index (χ2n) is 7.41. The summed E-state index contributed by atoms with van der Waals surface area (Å²) in [6.07, 6.45) is 4.32. The van der Waals surface area contributed by atoms with Crippen LogP contribution in [-0.4, -0.2) is 48.2 Å². The Balaban J connectivity index is 1.95. The number of likely N-dealkylation sites (tertiary alicyclic amines) is 1. The van der Waals surface area contributed by atoms with Crippen molar-refractivity contribution in [3.63, 3.8) is 0 Å². The molecule has 1 aromatic rings. The van der Waals surface area contributed by atoms with Crippen molar-refractivity contribution in [3.05, 3.63) is 17.0 Å². The molecule has 1 atom stereocenters. The Bertz CT molecular complexity index is 545. The molecule has 1 aliphatic heterocycles. The maximum atomic E-state index is 5.45. The van der Waals surface area contributed by atoms with Crippen molar-refractivity contribution in [2.75, 3.05) is 26.2 Å². The van der Waals surface area contributed by atoms with Crippen LogP contribution < -0.4 is 10.6 Å². The monoisotopic (exact) mass is 363 g/mol. The third-order valence-electron chi connectivity index (χ3n) is 5.19. The van der Waals surface area contributed by atoms with E-state index in [1.54, 1.807) is 0 Å². The van der Waals surface area contributed by atoms with Crippen LogP contribution in [0.25, 0.3) is 0 Å². The topological polar surface area (TPSA) is 65.7 Å². The van der Waals surface area contributed by atoms with Crippen molar-refractivity contribution in [2.24, 2.45) is 10.9 Å². The van der Waals surface area contributed by atoms with Crippen LogP contribution in [0.2, 0.25) is 0 Å². The zero-order valence-electron chi connectivity index (χ0n) is 17.3. The van der Waals surface area contributed by atoms with Gasteiger partial charge in [-0.15, -0.1) is 0 Å². The van der Waals surface area contributed by atoms with E-state index in [-0.39, 0.29) is 0 Å². The van der Waals surface area contributed by atoms with Crippen LogP contribution in [0.4, 0.5) is 0 Å². The molecule has 2 rings (SSSR count). The highest BCUT2D eigenvalue weighted by atomic mass is 16.5. The molecule has 1 unspecified atom stereocenters. The lowest BCUT2D eigenvalue weighted by molar-refractivity contribution is 0.141. The molecule has 0 aliphatic carbocycles. The number of hydrogen-bond acceptors (Lipinski definition) is 4. The summed E-state index contributed by atoms with van der Waals surface area (Å²) >= 11 is 0. The molecule has 0 spiro atoms. The highest BCUT2D eigenvalue weighted by Crippen LogP contribution is 2.18. The Kier molecular flexibility index (Phi) is 8.42. The summed E-state index contributed by atoms with van der Waals surface area (Å²) in [5.74, 6) is 2.53. The third-order valence-corrected chi connectivity index (χ3v) is 5.19. The number of nitrogens with zero attached hydrogens (tertiary/aromatic N) is 3. The molecule has 1 aliphatic rings. The van der Waals surface area contributed by atoms with E-state index in [0.717, 1.165) is 48.9 Å². The van der Waals surface area contributed by atoms with Crippen molar-refractivity contribution >= 4 is 5.96 Å². The minimum absolute atomic E-state index is 0.619. The Morgan fingerprint density at radius 3 is 2.73 bits per heavy atom. The number of aromatic nitrogens is 1. The van der Waals surface area contributed by atoms with Crippen LogP contribution in [0.1, 0.15) is 64.5 Å². The molecule has 0 saturated carbocycles. The molecule has 26 heavy (non-hydrogen) atoms. The smallest absolute Gasteiger partial charge is 0.191 e. The van der Waals surface area contributed by atoms with Gasteiger partial charge in [-0.25, -0.2) is 4.99 Å². The molecule has 2 N–H and O–H groups in total. The van der Waals surface area contributed by atoms with Gasteiger partial charge in [-0.05, 0) is 52.5 Å². The average molecular weight is 364 g/mol. The molecule has 1 saturated heterocycles. The second-order valence-corrected chi connectivity index (χ2v) is 7.41. The van der Waals surface area contributed by atoms with Gasteiger partial charge in [-0.1, -0.05) is 19.0 Å². The maximum Gasteiger partial charge on any atom is 0.191 e. The first-order chi connectivity index (χ1) is 12.6. The Labute approximate surface area is 158 Å². The zero-order chi connectivity index (χ0) is 18.9. The normalized spacial score (nSPS) is 19.2. The van der Waals surface area contributed by atoms with E-state index in [1.807, 2.05) is 0 Å². The van der Waals surface area contributed by atoms with Crippen LogP contribution in [0, 0.1) is 5.92 Å². The summed E-state index contributed by atoms with van der Waals surface area (Å²) in [4.78, 5) is 7.37. The number of nitrogens with one attached hydrogen (secondary N) is 2. The van der Waals surface area contributed by atoms with Crippen LogP contribution in [-0.2, 0) is 19.4 Å². The zero-order valence-corrected chi connectivity index (χ0v) is 17.3. The van der Waals surface area contributed by atoms with E-state index >= 15 is 0 Å².